The number of ether oxygens (including phenoxy) is 1. The van der Waals surface area contributed by atoms with Gasteiger partial charge in [-0.2, -0.15) is 0 Å². The molecule has 0 bridgehead atoms. The molecule has 2 rings (SSSR count). The molecule has 3 nitrogen and oxygen atoms in total. The molecule has 0 amide bonds. The highest BCUT2D eigenvalue weighted by molar-refractivity contribution is 9.10. The van der Waals surface area contributed by atoms with Gasteiger partial charge in [-0.15, -0.1) is 0 Å². The highest BCUT2D eigenvalue weighted by Crippen LogP contribution is 2.44. The molecule has 0 radical (unpaired) electrons. The van der Waals surface area contributed by atoms with E-state index in [2.05, 4.69) is 21.4 Å². The van der Waals surface area contributed by atoms with Crippen LogP contribution in [0, 0.1) is 0 Å². The van der Waals surface area contributed by atoms with Crippen LogP contribution in [-0.2, 0) is 4.74 Å². The summed E-state index contributed by atoms with van der Waals surface area (Å²) in [5.41, 5.74) is 3.63. The van der Waals surface area contributed by atoms with E-state index in [1.807, 2.05) is 18.2 Å². The van der Waals surface area contributed by atoms with Crippen molar-refractivity contribution in [2.45, 2.75) is 43.7 Å². The summed E-state index contributed by atoms with van der Waals surface area (Å²) in [7, 11) is 1.76. The van der Waals surface area contributed by atoms with Crippen LogP contribution in [0.15, 0.2) is 22.7 Å². The molecule has 3 N–H and O–H groups in total. The molecule has 0 heterocycles. The molecule has 5 heteroatoms. The zero-order valence-corrected chi connectivity index (χ0v) is 13.4. The largest absolute Gasteiger partial charge is 0.376 e. The van der Waals surface area contributed by atoms with Gasteiger partial charge in [0.15, 0.2) is 0 Å². The molecule has 1 saturated carbocycles. The topological polar surface area (TPSA) is 47.3 Å². The maximum absolute atomic E-state index is 6.36. The standard InChI is InChI=1S/C14H20BrClN2O/c1-19-14(8-3-2-4-9-14)13(18-17)12-10(15)6-5-7-11(12)16/h5-7,13,18H,2-4,8-9,17H2,1H3. The van der Waals surface area contributed by atoms with Gasteiger partial charge < -0.3 is 4.74 Å². The lowest BCUT2D eigenvalue weighted by Gasteiger charge is -2.42. The fourth-order valence-corrected chi connectivity index (χ4v) is 4.04. The van der Waals surface area contributed by atoms with Crippen LogP contribution in [0.5, 0.6) is 0 Å². The summed E-state index contributed by atoms with van der Waals surface area (Å²) in [5.74, 6) is 5.82. The molecule has 1 fully saturated rings. The first-order valence-electron chi connectivity index (χ1n) is 6.60. The number of hydrogen-bond acceptors (Lipinski definition) is 3. The molecular formula is C14H20BrClN2O. The highest BCUT2D eigenvalue weighted by atomic mass is 79.9. The number of halogens is 2. The maximum atomic E-state index is 6.36. The average Bonchev–Trinajstić information content (AvgIpc) is 2.44. The molecule has 19 heavy (non-hydrogen) atoms. The Hall–Kier alpha value is -0.130. The smallest absolute Gasteiger partial charge is 0.0886 e. The fourth-order valence-electron chi connectivity index (χ4n) is 3.05. The summed E-state index contributed by atoms with van der Waals surface area (Å²) in [4.78, 5) is 0. The van der Waals surface area contributed by atoms with Crippen LogP contribution in [-0.4, -0.2) is 12.7 Å². The summed E-state index contributed by atoms with van der Waals surface area (Å²) >= 11 is 9.93. The van der Waals surface area contributed by atoms with Crippen LogP contribution in [0.2, 0.25) is 5.02 Å². The van der Waals surface area contributed by atoms with Gasteiger partial charge in [0.05, 0.1) is 11.6 Å². The number of nitrogens with two attached hydrogens (primary N) is 1. The quantitative estimate of drug-likeness (QED) is 0.640. The second-order valence-electron chi connectivity index (χ2n) is 5.06. The zero-order chi connectivity index (χ0) is 13.9. The van der Waals surface area contributed by atoms with Gasteiger partial charge in [-0.25, -0.2) is 5.43 Å². The maximum Gasteiger partial charge on any atom is 0.0886 e. The van der Waals surface area contributed by atoms with Crippen molar-refractivity contribution in [3.8, 4) is 0 Å². The molecule has 1 aliphatic carbocycles. The van der Waals surface area contributed by atoms with Gasteiger partial charge in [0, 0.05) is 22.2 Å². The van der Waals surface area contributed by atoms with Crippen molar-refractivity contribution in [1.29, 1.82) is 0 Å². The van der Waals surface area contributed by atoms with Gasteiger partial charge in [-0.3, -0.25) is 5.84 Å². The van der Waals surface area contributed by atoms with Crippen LogP contribution < -0.4 is 11.3 Å². The van der Waals surface area contributed by atoms with Crippen molar-refractivity contribution < 1.29 is 4.74 Å². The van der Waals surface area contributed by atoms with E-state index in [1.54, 1.807) is 7.11 Å². The molecule has 1 aromatic carbocycles. The van der Waals surface area contributed by atoms with Crippen LogP contribution in [0.3, 0.4) is 0 Å². The van der Waals surface area contributed by atoms with E-state index in [0.29, 0.717) is 5.02 Å². The van der Waals surface area contributed by atoms with E-state index < -0.39 is 0 Å². The van der Waals surface area contributed by atoms with Crippen molar-refractivity contribution in [3.63, 3.8) is 0 Å². The predicted molar refractivity (Wildman–Crippen MR) is 82.0 cm³/mol. The van der Waals surface area contributed by atoms with E-state index in [1.165, 1.54) is 6.42 Å². The van der Waals surface area contributed by atoms with Crippen molar-refractivity contribution in [1.82, 2.24) is 5.43 Å². The van der Waals surface area contributed by atoms with E-state index in [0.717, 1.165) is 35.7 Å². The lowest BCUT2D eigenvalue weighted by Crippen LogP contribution is -2.49. The lowest BCUT2D eigenvalue weighted by atomic mass is 9.77. The number of rotatable bonds is 4. The van der Waals surface area contributed by atoms with Gasteiger partial charge in [0.1, 0.15) is 0 Å². The van der Waals surface area contributed by atoms with Gasteiger partial charge in [-0.05, 0) is 25.0 Å². The van der Waals surface area contributed by atoms with Crippen LogP contribution in [0.1, 0.15) is 43.7 Å². The minimum absolute atomic E-state index is 0.110. The molecular weight excluding hydrogens is 328 g/mol. The second kappa shape index (κ2) is 6.55. The molecule has 0 aliphatic heterocycles. The molecule has 1 aliphatic rings. The molecule has 0 saturated heterocycles. The van der Waals surface area contributed by atoms with Gasteiger partial charge in [0.2, 0.25) is 0 Å². The minimum atomic E-state index is -0.277. The Morgan fingerprint density at radius 3 is 2.58 bits per heavy atom. The van der Waals surface area contributed by atoms with Gasteiger partial charge in [0.25, 0.3) is 0 Å². The summed E-state index contributed by atoms with van der Waals surface area (Å²) in [5, 5.41) is 0.708. The Labute approximate surface area is 127 Å². The fraction of sp³-hybridized carbons (Fsp3) is 0.571. The first-order valence-corrected chi connectivity index (χ1v) is 7.77. The molecule has 0 spiro atoms. The van der Waals surface area contributed by atoms with Gasteiger partial charge >= 0.3 is 0 Å². The number of benzene rings is 1. The van der Waals surface area contributed by atoms with Crippen LogP contribution >= 0.6 is 27.5 Å². The highest BCUT2D eigenvalue weighted by Gasteiger charge is 2.42. The lowest BCUT2D eigenvalue weighted by molar-refractivity contribution is -0.0690. The van der Waals surface area contributed by atoms with E-state index in [4.69, 9.17) is 22.2 Å². The monoisotopic (exact) mass is 346 g/mol. The van der Waals surface area contributed by atoms with Gasteiger partial charge in [-0.1, -0.05) is 52.9 Å². The SMILES string of the molecule is COC1(C(NN)c2c(Cl)cccc2Br)CCCCC1. The third kappa shape index (κ3) is 2.98. The molecule has 106 valence electrons. The minimum Gasteiger partial charge on any atom is -0.376 e. The van der Waals surface area contributed by atoms with Crippen molar-refractivity contribution in [3.05, 3.63) is 33.3 Å². The average molecular weight is 348 g/mol. The van der Waals surface area contributed by atoms with E-state index in [-0.39, 0.29) is 11.6 Å². The Kier molecular flexibility index (Phi) is 5.26. The third-order valence-corrected chi connectivity index (χ3v) is 5.11. The zero-order valence-electron chi connectivity index (χ0n) is 11.1. The summed E-state index contributed by atoms with van der Waals surface area (Å²) in [6.07, 6.45) is 5.57. The number of hydrazine groups is 1. The van der Waals surface area contributed by atoms with Crippen LogP contribution in [0.4, 0.5) is 0 Å². The Morgan fingerprint density at radius 2 is 2.05 bits per heavy atom. The Morgan fingerprint density at radius 1 is 1.37 bits per heavy atom. The summed E-state index contributed by atoms with van der Waals surface area (Å²) in [6.45, 7) is 0. The van der Waals surface area contributed by atoms with Crippen LogP contribution in [0.25, 0.3) is 0 Å². The number of nitrogens with one attached hydrogen (secondary N) is 1. The number of methoxy groups -OCH3 is 1. The predicted octanol–water partition coefficient (Wildman–Crippen LogP) is 3.96. The van der Waals surface area contributed by atoms with Crippen molar-refractivity contribution >= 4 is 27.5 Å². The van der Waals surface area contributed by atoms with Crippen molar-refractivity contribution in [2.24, 2.45) is 5.84 Å². The van der Waals surface area contributed by atoms with E-state index in [9.17, 15) is 0 Å². The van der Waals surface area contributed by atoms with Crippen molar-refractivity contribution in [2.75, 3.05) is 7.11 Å². The Bertz CT molecular complexity index is 415. The normalized spacial score (nSPS) is 20.2. The third-order valence-electron chi connectivity index (χ3n) is 4.09. The van der Waals surface area contributed by atoms with E-state index >= 15 is 0 Å². The molecule has 1 unspecified atom stereocenters. The number of hydrogen-bond donors (Lipinski definition) is 2. The summed E-state index contributed by atoms with van der Waals surface area (Å²) < 4.78 is 6.84. The molecule has 1 aromatic rings. The second-order valence-corrected chi connectivity index (χ2v) is 6.33. The first kappa shape index (κ1) is 15.3. The molecule has 1 atom stereocenters. The first-order chi connectivity index (χ1) is 9.14. The summed E-state index contributed by atoms with van der Waals surface area (Å²) in [6, 6.07) is 5.68. The Balaban J connectivity index is 2.43. The molecule has 0 aromatic heterocycles.